The second-order valence-corrected chi connectivity index (χ2v) is 8.70. The number of benzene rings is 2. The zero-order chi connectivity index (χ0) is 19.7. The zero-order valence-corrected chi connectivity index (χ0v) is 17.6. The molecule has 0 saturated heterocycles. The van der Waals surface area contributed by atoms with Gasteiger partial charge in [0.25, 0.3) is 0 Å². The number of aromatic nitrogens is 1. The van der Waals surface area contributed by atoms with Gasteiger partial charge in [-0.05, 0) is 69.7 Å². The van der Waals surface area contributed by atoms with Crippen molar-refractivity contribution in [1.29, 1.82) is 0 Å². The van der Waals surface area contributed by atoms with Crippen LogP contribution in [0.2, 0.25) is 5.02 Å². The Bertz CT molecular complexity index is 1000. The molecule has 0 radical (unpaired) electrons. The highest BCUT2D eigenvalue weighted by atomic mass is 79.9. The summed E-state index contributed by atoms with van der Waals surface area (Å²) in [5, 5.41) is 10.5. The molecule has 0 spiro atoms. The van der Waals surface area contributed by atoms with Gasteiger partial charge in [0.1, 0.15) is 5.75 Å². The lowest BCUT2D eigenvalue weighted by Crippen LogP contribution is -2.00. The maximum absolute atomic E-state index is 10.9. The molecule has 1 aliphatic carbocycles. The van der Waals surface area contributed by atoms with Crippen LogP contribution >= 0.6 is 27.5 Å². The SMILES string of the molecule is O=C(O)Cc1cc(Cl)c(Oc2ccc3[nH]cc(CC4CCCC4)c3c2)c(Br)c1. The van der Waals surface area contributed by atoms with Crippen molar-refractivity contribution in [2.45, 2.75) is 38.5 Å². The lowest BCUT2D eigenvalue weighted by molar-refractivity contribution is -0.136. The van der Waals surface area contributed by atoms with Crippen LogP contribution in [-0.4, -0.2) is 16.1 Å². The second kappa shape index (κ2) is 8.18. The first-order chi connectivity index (χ1) is 13.5. The summed E-state index contributed by atoms with van der Waals surface area (Å²) in [7, 11) is 0. The summed E-state index contributed by atoms with van der Waals surface area (Å²) in [5.41, 5.74) is 3.05. The quantitative estimate of drug-likeness (QED) is 0.426. The van der Waals surface area contributed by atoms with Crippen LogP contribution in [0, 0.1) is 5.92 Å². The first-order valence-corrected chi connectivity index (χ1v) is 10.6. The highest BCUT2D eigenvalue weighted by Crippen LogP contribution is 2.39. The fourth-order valence-electron chi connectivity index (χ4n) is 4.02. The molecule has 0 bridgehead atoms. The van der Waals surface area contributed by atoms with Crippen molar-refractivity contribution in [3.05, 3.63) is 57.2 Å². The number of ether oxygens (including phenoxy) is 1. The number of carbonyl (C=O) groups is 1. The van der Waals surface area contributed by atoms with Gasteiger partial charge >= 0.3 is 5.97 Å². The summed E-state index contributed by atoms with van der Waals surface area (Å²) in [4.78, 5) is 14.3. The molecule has 2 N–H and O–H groups in total. The molecule has 1 heterocycles. The van der Waals surface area contributed by atoms with Gasteiger partial charge < -0.3 is 14.8 Å². The average molecular weight is 463 g/mol. The number of carboxylic acids is 1. The molecule has 1 aromatic heterocycles. The number of rotatable bonds is 6. The van der Waals surface area contributed by atoms with Gasteiger partial charge in [-0.2, -0.15) is 0 Å². The van der Waals surface area contributed by atoms with Crippen molar-refractivity contribution in [3.8, 4) is 11.5 Å². The van der Waals surface area contributed by atoms with Crippen LogP contribution in [0.3, 0.4) is 0 Å². The molecule has 2 aromatic carbocycles. The number of aromatic amines is 1. The predicted molar refractivity (Wildman–Crippen MR) is 115 cm³/mol. The largest absolute Gasteiger partial charge is 0.481 e. The van der Waals surface area contributed by atoms with Crippen LogP contribution in [0.15, 0.2) is 41.0 Å². The molecule has 0 atom stereocenters. The van der Waals surface area contributed by atoms with E-state index >= 15 is 0 Å². The monoisotopic (exact) mass is 461 g/mol. The van der Waals surface area contributed by atoms with Gasteiger partial charge in [0.15, 0.2) is 5.75 Å². The Labute approximate surface area is 177 Å². The van der Waals surface area contributed by atoms with Gasteiger partial charge in [-0.3, -0.25) is 4.79 Å². The highest BCUT2D eigenvalue weighted by Gasteiger charge is 2.18. The molecule has 1 aliphatic rings. The van der Waals surface area contributed by atoms with E-state index in [1.54, 1.807) is 12.1 Å². The minimum atomic E-state index is -0.899. The molecule has 28 heavy (non-hydrogen) atoms. The summed E-state index contributed by atoms with van der Waals surface area (Å²) >= 11 is 9.81. The van der Waals surface area contributed by atoms with E-state index in [1.165, 1.54) is 36.6 Å². The van der Waals surface area contributed by atoms with E-state index in [0.717, 1.165) is 17.9 Å². The van der Waals surface area contributed by atoms with Crippen LogP contribution in [0.4, 0.5) is 0 Å². The maximum Gasteiger partial charge on any atom is 0.307 e. The topological polar surface area (TPSA) is 62.3 Å². The molecular weight excluding hydrogens is 442 g/mol. The number of fused-ring (bicyclic) bond motifs is 1. The third-order valence-corrected chi connectivity index (χ3v) is 6.23. The van der Waals surface area contributed by atoms with Gasteiger partial charge in [-0.25, -0.2) is 0 Å². The van der Waals surface area contributed by atoms with Gasteiger partial charge in [0.05, 0.1) is 15.9 Å². The molecule has 6 heteroatoms. The lowest BCUT2D eigenvalue weighted by atomic mass is 9.98. The van der Waals surface area contributed by atoms with Gasteiger partial charge in [0.2, 0.25) is 0 Å². The normalized spacial score (nSPS) is 14.6. The summed E-state index contributed by atoms with van der Waals surface area (Å²) in [6.45, 7) is 0. The molecule has 4 nitrogen and oxygen atoms in total. The number of hydrogen-bond acceptors (Lipinski definition) is 2. The number of carboxylic acid groups (broad SMARTS) is 1. The first kappa shape index (κ1) is 19.3. The van der Waals surface area contributed by atoms with E-state index in [-0.39, 0.29) is 6.42 Å². The minimum absolute atomic E-state index is 0.0849. The summed E-state index contributed by atoms with van der Waals surface area (Å²) in [6, 6.07) is 9.34. The molecule has 0 aliphatic heterocycles. The lowest BCUT2D eigenvalue weighted by Gasteiger charge is -2.12. The Hall–Kier alpha value is -1.98. The maximum atomic E-state index is 10.9. The molecular formula is C22H21BrClNO3. The Balaban J connectivity index is 1.60. The third-order valence-electron chi connectivity index (χ3n) is 5.36. The van der Waals surface area contributed by atoms with Crippen molar-refractivity contribution >= 4 is 44.4 Å². The molecule has 0 unspecified atom stereocenters. The molecule has 146 valence electrons. The van der Waals surface area contributed by atoms with E-state index in [0.29, 0.717) is 26.6 Å². The number of H-pyrrole nitrogens is 1. The standard InChI is InChI=1S/C22H21BrClNO3/c23-18-8-14(10-21(26)27)9-19(24)22(18)28-16-5-6-20-17(11-16)15(12-25-20)7-13-3-1-2-4-13/h5-6,8-9,11-13,25H,1-4,7,10H2,(H,26,27). The molecule has 4 rings (SSSR count). The summed E-state index contributed by atoms with van der Waals surface area (Å²) in [5.74, 6) is 1.06. The predicted octanol–water partition coefficient (Wildman–Crippen LogP) is 6.74. The average Bonchev–Trinajstić information content (AvgIpc) is 3.28. The number of halogens is 2. The van der Waals surface area contributed by atoms with Crippen molar-refractivity contribution in [2.24, 2.45) is 5.92 Å². The van der Waals surface area contributed by atoms with E-state index < -0.39 is 5.97 Å². The Kier molecular flexibility index (Phi) is 5.65. The van der Waals surface area contributed by atoms with Crippen LogP contribution in [0.25, 0.3) is 10.9 Å². The van der Waals surface area contributed by atoms with Crippen molar-refractivity contribution in [1.82, 2.24) is 4.98 Å². The van der Waals surface area contributed by atoms with Crippen LogP contribution in [0.1, 0.15) is 36.8 Å². The number of nitrogens with one attached hydrogen (secondary N) is 1. The van der Waals surface area contributed by atoms with E-state index in [9.17, 15) is 4.79 Å². The van der Waals surface area contributed by atoms with E-state index in [4.69, 9.17) is 21.4 Å². The smallest absolute Gasteiger partial charge is 0.307 e. The Morgan fingerprint density at radius 1 is 1.25 bits per heavy atom. The van der Waals surface area contributed by atoms with Crippen LogP contribution in [0.5, 0.6) is 11.5 Å². The highest BCUT2D eigenvalue weighted by molar-refractivity contribution is 9.10. The molecule has 1 saturated carbocycles. The Morgan fingerprint density at radius 3 is 2.75 bits per heavy atom. The van der Waals surface area contributed by atoms with Gasteiger partial charge in [-0.1, -0.05) is 37.3 Å². The Morgan fingerprint density at radius 2 is 2.04 bits per heavy atom. The van der Waals surface area contributed by atoms with Crippen LogP contribution in [-0.2, 0) is 17.6 Å². The van der Waals surface area contributed by atoms with E-state index in [2.05, 4.69) is 27.1 Å². The van der Waals surface area contributed by atoms with Crippen molar-refractivity contribution in [3.63, 3.8) is 0 Å². The second-order valence-electron chi connectivity index (χ2n) is 7.44. The minimum Gasteiger partial charge on any atom is -0.481 e. The van der Waals surface area contributed by atoms with Crippen molar-refractivity contribution in [2.75, 3.05) is 0 Å². The number of aliphatic carboxylic acids is 1. The van der Waals surface area contributed by atoms with Crippen molar-refractivity contribution < 1.29 is 14.6 Å². The van der Waals surface area contributed by atoms with Gasteiger partial charge in [0, 0.05) is 17.1 Å². The first-order valence-electron chi connectivity index (χ1n) is 9.47. The zero-order valence-electron chi connectivity index (χ0n) is 15.3. The number of hydrogen-bond donors (Lipinski definition) is 2. The summed E-state index contributed by atoms with van der Waals surface area (Å²) in [6.07, 6.45) is 8.42. The van der Waals surface area contributed by atoms with Crippen LogP contribution < -0.4 is 4.74 Å². The van der Waals surface area contributed by atoms with E-state index in [1.807, 2.05) is 18.2 Å². The third kappa shape index (κ3) is 4.20. The molecule has 0 amide bonds. The van der Waals surface area contributed by atoms with Gasteiger partial charge in [-0.15, -0.1) is 0 Å². The fourth-order valence-corrected chi connectivity index (χ4v) is 5.00. The molecule has 3 aromatic rings. The summed E-state index contributed by atoms with van der Waals surface area (Å²) < 4.78 is 6.70. The molecule has 1 fully saturated rings. The fraction of sp³-hybridized carbons (Fsp3) is 0.318.